The molecule has 3 aromatic rings. The maximum absolute atomic E-state index is 13.5. The Balaban J connectivity index is 1.76. The standard InChI is InChI=1S/C21H27ClN8O6S/c1-11(16(34-2)17-23-7-14(22)8-24-17)37(32,33)29-21-28-27-18(13-5-12(6-13)9-31)30(21)15-19(35-3)25-10-26-20(15)36-4/h7-8,10-13,16,31H,5-6,9H2,1-4H3,(H,28,29)/t11-,12-,13+,16-/m0/s1. The van der Waals surface area contributed by atoms with Crippen molar-refractivity contribution < 1.29 is 27.7 Å². The summed E-state index contributed by atoms with van der Waals surface area (Å²) in [5.41, 5.74) is 0.231. The van der Waals surface area contributed by atoms with E-state index in [0.29, 0.717) is 23.7 Å². The van der Waals surface area contributed by atoms with Gasteiger partial charge in [-0.1, -0.05) is 11.6 Å². The molecular weight excluding hydrogens is 528 g/mol. The quantitative estimate of drug-likeness (QED) is 0.350. The monoisotopic (exact) mass is 554 g/mol. The maximum atomic E-state index is 13.5. The fourth-order valence-electron chi connectivity index (χ4n) is 4.14. The van der Waals surface area contributed by atoms with Crippen LogP contribution in [-0.2, 0) is 14.8 Å². The van der Waals surface area contributed by atoms with E-state index in [9.17, 15) is 13.5 Å². The van der Waals surface area contributed by atoms with Gasteiger partial charge in [0.05, 0.1) is 19.2 Å². The lowest BCUT2D eigenvalue weighted by atomic mass is 9.75. The number of halogens is 1. The molecule has 0 aliphatic heterocycles. The van der Waals surface area contributed by atoms with Crippen LogP contribution >= 0.6 is 11.6 Å². The summed E-state index contributed by atoms with van der Waals surface area (Å²) < 4.78 is 47.3. The summed E-state index contributed by atoms with van der Waals surface area (Å²) in [6.45, 7) is 1.51. The minimum Gasteiger partial charge on any atom is -0.479 e. The summed E-state index contributed by atoms with van der Waals surface area (Å²) in [6, 6.07) is 0. The van der Waals surface area contributed by atoms with Gasteiger partial charge in [0, 0.05) is 32.0 Å². The fourth-order valence-corrected chi connectivity index (χ4v) is 5.37. The summed E-state index contributed by atoms with van der Waals surface area (Å²) >= 11 is 5.87. The molecule has 37 heavy (non-hydrogen) atoms. The van der Waals surface area contributed by atoms with Crippen molar-refractivity contribution >= 4 is 27.6 Å². The van der Waals surface area contributed by atoms with Gasteiger partial charge in [-0.15, -0.1) is 10.2 Å². The average Bonchev–Trinajstić information content (AvgIpc) is 3.25. The third-order valence-corrected chi connectivity index (χ3v) is 8.10. The number of sulfonamides is 1. The zero-order valence-corrected chi connectivity index (χ0v) is 22.1. The Morgan fingerprint density at radius 2 is 1.73 bits per heavy atom. The molecule has 3 aromatic heterocycles. The first-order valence-electron chi connectivity index (χ1n) is 11.2. The van der Waals surface area contributed by atoms with Crippen LogP contribution in [0.15, 0.2) is 18.7 Å². The molecule has 0 radical (unpaired) electrons. The van der Waals surface area contributed by atoms with Crippen LogP contribution < -0.4 is 14.2 Å². The normalized spacial score (nSPS) is 19.1. The number of ether oxygens (including phenoxy) is 3. The van der Waals surface area contributed by atoms with Crippen molar-refractivity contribution in [2.75, 3.05) is 32.7 Å². The van der Waals surface area contributed by atoms with Gasteiger partial charge >= 0.3 is 0 Å². The van der Waals surface area contributed by atoms with E-state index in [4.69, 9.17) is 25.8 Å². The van der Waals surface area contributed by atoms with E-state index < -0.39 is 21.4 Å². The highest BCUT2D eigenvalue weighted by molar-refractivity contribution is 7.93. The second kappa shape index (κ2) is 11.1. The van der Waals surface area contributed by atoms with Crippen molar-refractivity contribution in [3.63, 3.8) is 0 Å². The minimum absolute atomic E-state index is 0.0495. The number of aliphatic hydroxyl groups is 1. The Morgan fingerprint density at radius 1 is 1.11 bits per heavy atom. The van der Waals surface area contributed by atoms with Crippen molar-refractivity contribution in [3.05, 3.63) is 35.4 Å². The van der Waals surface area contributed by atoms with Crippen molar-refractivity contribution in [3.8, 4) is 17.4 Å². The number of nitrogens with zero attached hydrogens (tertiary/aromatic N) is 7. The molecule has 4 rings (SSSR count). The highest BCUT2D eigenvalue weighted by Gasteiger charge is 2.38. The number of nitrogens with one attached hydrogen (secondary N) is 1. The Morgan fingerprint density at radius 3 is 2.27 bits per heavy atom. The summed E-state index contributed by atoms with van der Waals surface area (Å²) in [7, 11) is 0.0554. The predicted molar refractivity (Wildman–Crippen MR) is 131 cm³/mol. The van der Waals surface area contributed by atoms with E-state index in [1.807, 2.05) is 0 Å². The Bertz CT molecular complexity index is 1310. The van der Waals surface area contributed by atoms with Crippen molar-refractivity contribution in [2.45, 2.75) is 37.0 Å². The van der Waals surface area contributed by atoms with Crippen molar-refractivity contribution in [2.24, 2.45) is 5.92 Å². The number of anilines is 1. The van der Waals surface area contributed by atoms with Crippen LogP contribution in [0.25, 0.3) is 5.69 Å². The van der Waals surface area contributed by atoms with Gasteiger partial charge in [0.2, 0.25) is 27.7 Å². The van der Waals surface area contributed by atoms with Crippen LogP contribution in [0.2, 0.25) is 5.02 Å². The third kappa shape index (κ3) is 5.30. The second-order valence-electron chi connectivity index (χ2n) is 8.44. The first kappa shape index (κ1) is 26.9. The number of methoxy groups -OCH3 is 3. The molecule has 200 valence electrons. The number of hydrogen-bond acceptors (Lipinski definition) is 12. The van der Waals surface area contributed by atoms with Gasteiger partial charge in [0.15, 0.2) is 11.5 Å². The second-order valence-corrected chi connectivity index (χ2v) is 10.9. The van der Waals surface area contributed by atoms with Crippen LogP contribution in [0.1, 0.15) is 43.4 Å². The van der Waals surface area contributed by atoms with Crippen molar-refractivity contribution in [1.82, 2.24) is 34.7 Å². The molecular formula is C21H27ClN8O6S. The van der Waals surface area contributed by atoms with E-state index in [1.165, 1.54) is 51.5 Å². The van der Waals surface area contributed by atoms with Gasteiger partial charge in [-0.05, 0) is 25.7 Å². The summed E-state index contributed by atoms with van der Waals surface area (Å²) in [6.07, 6.45) is 4.27. The zero-order chi connectivity index (χ0) is 26.7. The molecule has 1 saturated carbocycles. The van der Waals surface area contributed by atoms with Crippen molar-refractivity contribution in [1.29, 1.82) is 0 Å². The lowest BCUT2D eigenvalue weighted by Crippen LogP contribution is -2.34. The van der Waals surface area contributed by atoms with Gasteiger partial charge in [0.25, 0.3) is 0 Å². The molecule has 16 heteroatoms. The topological polar surface area (TPSA) is 176 Å². The van der Waals surface area contributed by atoms with Crippen LogP contribution in [0.3, 0.4) is 0 Å². The molecule has 1 aliphatic rings. The molecule has 0 aromatic carbocycles. The van der Waals surface area contributed by atoms with Gasteiger partial charge in [-0.2, -0.15) is 9.97 Å². The summed E-state index contributed by atoms with van der Waals surface area (Å²) in [5.74, 6) is 0.763. The van der Waals surface area contributed by atoms with Crippen LogP contribution in [-0.4, -0.2) is 81.4 Å². The molecule has 1 aliphatic carbocycles. The SMILES string of the molecule is COc1ncnc(OC)c1-n1c(NS(=O)(=O)[C@@H](C)[C@H](OC)c2ncc(Cl)cn2)nnc1[C@H]1C[C@@H](CO)C1. The van der Waals surface area contributed by atoms with E-state index >= 15 is 0 Å². The lowest BCUT2D eigenvalue weighted by molar-refractivity contribution is 0.0950. The Labute approximate surface area is 218 Å². The molecule has 2 atom stereocenters. The van der Waals surface area contributed by atoms with Gasteiger partial charge in [-0.3, -0.25) is 9.29 Å². The Hall–Kier alpha value is -3.14. The van der Waals surface area contributed by atoms with Gasteiger partial charge in [-0.25, -0.2) is 18.4 Å². The van der Waals surface area contributed by atoms with E-state index in [0.717, 1.165) is 0 Å². The van der Waals surface area contributed by atoms with Gasteiger partial charge < -0.3 is 19.3 Å². The first-order chi connectivity index (χ1) is 17.7. The molecule has 0 saturated heterocycles. The highest BCUT2D eigenvalue weighted by Crippen LogP contribution is 2.43. The van der Waals surface area contributed by atoms with Crippen LogP contribution in [0, 0.1) is 5.92 Å². The smallest absolute Gasteiger partial charge is 0.245 e. The van der Waals surface area contributed by atoms with E-state index in [1.54, 1.807) is 0 Å². The predicted octanol–water partition coefficient (Wildman–Crippen LogP) is 1.52. The minimum atomic E-state index is -4.14. The molecule has 0 bridgehead atoms. The largest absolute Gasteiger partial charge is 0.479 e. The molecule has 0 spiro atoms. The molecule has 2 N–H and O–H groups in total. The fraction of sp³-hybridized carbons (Fsp3) is 0.524. The molecule has 0 amide bonds. The summed E-state index contributed by atoms with van der Waals surface area (Å²) in [4.78, 5) is 16.5. The molecule has 1 fully saturated rings. The number of aliphatic hydroxyl groups excluding tert-OH is 1. The first-order valence-corrected chi connectivity index (χ1v) is 13.2. The van der Waals surface area contributed by atoms with E-state index in [2.05, 4.69) is 34.9 Å². The molecule has 0 unspecified atom stereocenters. The lowest BCUT2D eigenvalue weighted by Gasteiger charge is -2.33. The van der Waals surface area contributed by atoms with Crippen LogP contribution in [0.5, 0.6) is 11.8 Å². The summed E-state index contributed by atoms with van der Waals surface area (Å²) in [5, 5.41) is 17.1. The third-order valence-electron chi connectivity index (χ3n) is 6.21. The van der Waals surface area contributed by atoms with E-state index in [-0.39, 0.29) is 47.7 Å². The highest BCUT2D eigenvalue weighted by atomic mass is 35.5. The number of aromatic nitrogens is 7. The molecule has 3 heterocycles. The maximum Gasteiger partial charge on any atom is 0.245 e. The number of rotatable bonds is 11. The Kier molecular flexibility index (Phi) is 8.06. The average molecular weight is 555 g/mol. The number of hydrogen-bond donors (Lipinski definition) is 2. The zero-order valence-electron chi connectivity index (χ0n) is 20.6. The van der Waals surface area contributed by atoms with Crippen LogP contribution in [0.4, 0.5) is 5.95 Å². The molecule has 14 nitrogen and oxygen atoms in total. The van der Waals surface area contributed by atoms with Gasteiger partial charge in [0.1, 0.15) is 23.5 Å².